The number of piperidine rings is 1. The van der Waals surface area contributed by atoms with Crippen LogP contribution in [0.4, 0.5) is 10.6 Å². The Morgan fingerprint density at radius 1 is 1.25 bits per heavy atom. The van der Waals surface area contributed by atoms with Crippen LogP contribution in [0.15, 0.2) is 53.4 Å². The van der Waals surface area contributed by atoms with Gasteiger partial charge in [-0.1, -0.05) is 24.3 Å². The fourth-order valence-electron chi connectivity index (χ4n) is 3.79. The Morgan fingerprint density at radius 3 is 2.88 bits per heavy atom. The lowest BCUT2D eigenvalue weighted by molar-refractivity contribution is 0.136. The van der Waals surface area contributed by atoms with Crippen molar-refractivity contribution in [2.24, 2.45) is 5.92 Å². The van der Waals surface area contributed by atoms with Crippen LogP contribution in [0.25, 0.3) is 11.3 Å². The lowest BCUT2D eigenvalue weighted by atomic mass is 9.97. The number of rotatable bonds is 7. The van der Waals surface area contributed by atoms with E-state index in [9.17, 15) is 4.79 Å². The second-order valence-electron chi connectivity index (χ2n) is 7.78. The smallest absolute Gasteiger partial charge is 0.407 e. The standard InChI is InChI=1S/C24H25N5O2S/c25-10-7-18-3-1-4-20(13-18)22-5-2-6-23(28-22)29-11-8-19(9-12-29)14-26-24(30)31-15-21-16-32-17-27-21/h1-6,13,16-17,19H,7-9,11-12,14-15H2,(H,26,30). The number of thiazole rings is 1. The molecular weight excluding hydrogens is 422 g/mol. The predicted molar refractivity (Wildman–Crippen MR) is 124 cm³/mol. The molecule has 1 N–H and O–H groups in total. The van der Waals surface area contributed by atoms with Crippen LogP contribution in [0, 0.1) is 17.2 Å². The number of carbonyl (C=O) groups is 1. The fraction of sp³-hybridized carbons (Fsp3) is 0.333. The molecule has 0 saturated carbocycles. The summed E-state index contributed by atoms with van der Waals surface area (Å²) < 4.78 is 5.20. The summed E-state index contributed by atoms with van der Waals surface area (Å²) in [5.41, 5.74) is 5.42. The van der Waals surface area contributed by atoms with E-state index in [1.807, 2.05) is 47.8 Å². The van der Waals surface area contributed by atoms with Crippen molar-refractivity contribution in [1.29, 1.82) is 5.26 Å². The number of anilines is 1. The molecule has 1 saturated heterocycles. The van der Waals surface area contributed by atoms with Crippen molar-refractivity contribution in [1.82, 2.24) is 15.3 Å². The molecule has 164 valence electrons. The topological polar surface area (TPSA) is 91.1 Å². The summed E-state index contributed by atoms with van der Waals surface area (Å²) >= 11 is 1.48. The number of hydrogen-bond donors (Lipinski definition) is 1. The number of nitrogens with one attached hydrogen (secondary N) is 1. The van der Waals surface area contributed by atoms with Gasteiger partial charge in [0.15, 0.2) is 0 Å². The molecule has 1 amide bonds. The molecule has 8 heteroatoms. The first-order chi connectivity index (χ1) is 15.7. The number of alkyl carbamates (subject to hydrolysis) is 1. The minimum atomic E-state index is -0.395. The van der Waals surface area contributed by atoms with E-state index in [0.29, 0.717) is 18.9 Å². The van der Waals surface area contributed by atoms with Crippen molar-refractivity contribution < 1.29 is 9.53 Å². The zero-order chi connectivity index (χ0) is 22.2. The van der Waals surface area contributed by atoms with Gasteiger partial charge in [-0.3, -0.25) is 0 Å². The van der Waals surface area contributed by atoms with E-state index < -0.39 is 6.09 Å². The third-order valence-electron chi connectivity index (χ3n) is 5.55. The van der Waals surface area contributed by atoms with Crippen molar-refractivity contribution in [3.8, 4) is 17.3 Å². The second-order valence-corrected chi connectivity index (χ2v) is 8.50. The highest BCUT2D eigenvalue weighted by Crippen LogP contribution is 2.25. The van der Waals surface area contributed by atoms with Gasteiger partial charge in [0.1, 0.15) is 12.4 Å². The molecule has 7 nitrogen and oxygen atoms in total. The summed E-state index contributed by atoms with van der Waals surface area (Å²) in [5.74, 6) is 1.38. The van der Waals surface area contributed by atoms with Gasteiger partial charge in [-0.2, -0.15) is 5.26 Å². The van der Waals surface area contributed by atoms with E-state index >= 15 is 0 Å². The largest absolute Gasteiger partial charge is 0.443 e. The Morgan fingerprint density at radius 2 is 2.09 bits per heavy atom. The van der Waals surface area contributed by atoms with Crippen LogP contribution >= 0.6 is 11.3 Å². The molecule has 1 aliphatic rings. The molecule has 3 heterocycles. The highest BCUT2D eigenvalue weighted by Gasteiger charge is 2.21. The maximum absolute atomic E-state index is 11.9. The minimum Gasteiger partial charge on any atom is -0.443 e. The fourth-order valence-corrected chi connectivity index (χ4v) is 4.33. The molecule has 0 bridgehead atoms. The first kappa shape index (κ1) is 21.8. The summed E-state index contributed by atoms with van der Waals surface area (Å²) in [6.07, 6.45) is 1.97. The van der Waals surface area contributed by atoms with Gasteiger partial charge in [-0.15, -0.1) is 11.3 Å². The van der Waals surface area contributed by atoms with E-state index in [1.54, 1.807) is 5.51 Å². The molecule has 1 aromatic carbocycles. The number of pyridine rings is 1. The van der Waals surface area contributed by atoms with E-state index in [0.717, 1.165) is 54.3 Å². The average Bonchev–Trinajstić information content (AvgIpc) is 3.36. The molecule has 32 heavy (non-hydrogen) atoms. The molecule has 0 atom stereocenters. The minimum absolute atomic E-state index is 0.204. The van der Waals surface area contributed by atoms with Crippen LogP contribution in [0.1, 0.15) is 24.1 Å². The Balaban J connectivity index is 1.27. The van der Waals surface area contributed by atoms with Gasteiger partial charge in [-0.05, 0) is 42.5 Å². The molecule has 0 radical (unpaired) electrons. The van der Waals surface area contributed by atoms with Gasteiger partial charge >= 0.3 is 6.09 Å². The van der Waals surface area contributed by atoms with Crippen molar-refractivity contribution in [3.05, 3.63) is 64.6 Å². The van der Waals surface area contributed by atoms with E-state index in [-0.39, 0.29) is 6.61 Å². The summed E-state index contributed by atoms with van der Waals surface area (Å²) in [5, 5.41) is 13.7. The van der Waals surface area contributed by atoms with Crippen LogP contribution < -0.4 is 10.2 Å². The summed E-state index contributed by atoms with van der Waals surface area (Å²) in [6.45, 7) is 2.61. The van der Waals surface area contributed by atoms with Gasteiger partial charge in [0.2, 0.25) is 0 Å². The van der Waals surface area contributed by atoms with Gasteiger partial charge in [0, 0.05) is 30.6 Å². The van der Waals surface area contributed by atoms with Crippen LogP contribution in [-0.4, -0.2) is 35.7 Å². The zero-order valence-electron chi connectivity index (χ0n) is 17.7. The number of ether oxygens (including phenoxy) is 1. The highest BCUT2D eigenvalue weighted by molar-refractivity contribution is 7.07. The summed E-state index contributed by atoms with van der Waals surface area (Å²) in [4.78, 5) is 23.2. The summed E-state index contributed by atoms with van der Waals surface area (Å²) in [7, 11) is 0. The first-order valence-corrected chi connectivity index (χ1v) is 11.6. The maximum Gasteiger partial charge on any atom is 0.407 e. The van der Waals surface area contributed by atoms with Crippen LogP contribution in [0.3, 0.4) is 0 Å². The number of carbonyl (C=O) groups excluding carboxylic acids is 1. The highest BCUT2D eigenvalue weighted by atomic mass is 32.1. The van der Waals surface area contributed by atoms with E-state index in [1.165, 1.54) is 11.3 Å². The Hall–Kier alpha value is -3.44. The molecule has 3 aromatic rings. The number of aromatic nitrogens is 2. The lowest BCUT2D eigenvalue weighted by Crippen LogP contribution is -2.39. The van der Waals surface area contributed by atoms with E-state index in [4.69, 9.17) is 15.0 Å². The van der Waals surface area contributed by atoms with Gasteiger partial charge in [0.05, 0.1) is 29.4 Å². The van der Waals surface area contributed by atoms with Gasteiger partial charge in [-0.25, -0.2) is 14.8 Å². The normalized spacial score (nSPS) is 14.0. The lowest BCUT2D eigenvalue weighted by Gasteiger charge is -2.33. The quantitative estimate of drug-likeness (QED) is 0.577. The maximum atomic E-state index is 11.9. The SMILES string of the molecule is N#CCc1cccc(-c2cccc(N3CCC(CNC(=O)OCc4cscn4)CC3)n2)c1. The van der Waals surface area contributed by atoms with Crippen LogP contribution in [0.5, 0.6) is 0 Å². The average molecular weight is 448 g/mol. The number of amides is 1. The summed E-state index contributed by atoms with van der Waals surface area (Å²) in [6, 6.07) is 16.3. The monoisotopic (exact) mass is 447 g/mol. The first-order valence-electron chi connectivity index (χ1n) is 10.7. The number of hydrogen-bond acceptors (Lipinski definition) is 7. The van der Waals surface area contributed by atoms with Crippen molar-refractivity contribution >= 4 is 23.2 Å². The molecule has 2 aromatic heterocycles. The van der Waals surface area contributed by atoms with Crippen molar-refractivity contribution in [3.63, 3.8) is 0 Å². The molecule has 0 spiro atoms. The van der Waals surface area contributed by atoms with Crippen molar-refractivity contribution in [2.75, 3.05) is 24.5 Å². The Bertz CT molecular complexity index is 1070. The number of benzene rings is 1. The third kappa shape index (κ3) is 5.83. The number of nitriles is 1. The molecule has 1 fully saturated rings. The molecule has 0 aliphatic carbocycles. The third-order valence-corrected chi connectivity index (χ3v) is 6.18. The molecule has 1 aliphatic heterocycles. The van der Waals surface area contributed by atoms with Gasteiger partial charge in [0.25, 0.3) is 0 Å². The van der Waals surface area contributed by atoms with Crippen LogP contribution in [0.2, 0.25) is 0 Å². The van der Waals surface area contributed by atoms with E-state index in [2.05, 4.69) is 21.3 Å². The zero-order valence-corrected chi connectivity index (χ0v) is 18.6. The molecule has 0 unspecified atom stereocenters. The predicted octanol–water partition coefficient (Wildman–Crippen LogP) is 4.41. The molecular formula is C24H25N5O2S. The Kier molecular flexibility index (Phi) is 7.31. The van der Waals surface area contributed by atoms with Crippen molar-refractivity contribution in [2.45, 2.75) is 25.9 Å². The van der Waals surface area contributed by atoms with Crippen LogP contribution in [-0.2, 0) is 17.8 Å². The molecule has 4 rings (SSSR count). The number of nitrogens with zero attached hydrogens (tertiary/aromatic N) is 4. The Labute approximate surface area is 191 Å². The van der Waals surface area contributed by atoms with Gasteiger partial charge < -0.3 is 15.0 Å². The second kappa shape index (κ2) is 10.7.